The molecule has 190 valence electrons. The molecule has 0 saturated heterocycles. The molecule has 0 bridgehead atoms. The summed E-state index contributed by atoms with van der Waals surface area (Å²) in [6.45, 7) is 0.310. The van der Waals surface area contributed by atoms with Gasteiger partial charge >= 0.3 is 0 Å². The van der Waals surface area contributed by atoms with Crippen molar-refractivity contribution in [3.63, 3.8) is 0 Å². The van der Waals surface area contributed by atoms with E-state index in [4.69, 9.17) is 0 Å². The van der Waals surface area contributed by atoms with E-state index >= 15 is 0 Å². The van der Waals surface area contributed by atoms with Crippen LogP contribution in [0.3, 0.4) is 0 Å². The highest BCUT2D eigenvalue weighted by molar-refractivity contribution is 7.90. The molecule has 1 saturated carbocycles. The molecule has 0 aliphatic heterocycles. The van der Waals surface area contributed by atoms with Gasteiger partial charge in [-0.05, 0) is 48.2 Å². The molecule has 1 fully saturated rings. The summed E-state index contributed by atoms with van der Waals surface area (Å²) in [4.78, 5) is 19.2. The number of hydrogen-bond acceptors (Lipinski definition) is 4. The lowest BCUT2D eigenvalue weighted by Gasteiger charge is -2.24. The van der Waals surface area contributed by atoms with Gasteiger partial charge in [-0.15, -0.1) is 0 Å². The molecule has 1 heterocycles. The molecule has 5 rings (SSSR count). The molecule has 1 aliphatic rings. The molecule has 6 nitrogen and oxygen atoms in total. The van der Waals surface area contributed by atoms with Crippen LogP contribution >= 0.6 is 0 Å². The second kappa shape index (κ2) is 10.3. The Balaban J connectivity index is 1.51. The molecule has 4 aromatic rings. The molecule has 1 aromatic heterocycles. The largest absolute Gasteiger partial charge is 0.330 e. The summed E-state index contributed by atoms with van der Waals surface area (Å²) < 4.78 is 56.2. The van der Waals surface area contributed by atoms with E-state index in [-0.39, 0.29) is 35.6 Å². The molecule has 3 aromatic carbocycles. The van der Waals surface area contributed by atoms with Crippen molar-refractivity contribution in [2.45, 2.75) is 42.9 Å². The number of nitrogens with zero attached hydrogens (tertiary/aromatic N) is 3. The van der Waals surface area contributed by atoms with Gasteiger partial charge in [0.25, 0.3) is 5.91 Å². The SMILES string of the molecule is O=C(c1ccccc1F)N(Cc1cnc(S(=O)(=O)Cc2ccc(F)cc2)n1Cc1ccccc1)C1CC1. The van der Waals surface area contributed by atoms with E-state index in [2.05, 4.69) is 4.98 Å². The van der Waals surface area contributed by atoms with Gasteiger partial charge < -0.3 is 9.47 Å². The Kier molecular flexibility index (Phi) is 6.88. The number of benzene rings is 3. The van der Waals surface area contributed by atoms with Crippen molar-refractivity contribution in [3.8, 4) is 0 Å². The number of aromatic nitrogens is 2. The van der Waals surface area contributed by atoms with Crippen molar-refractivity contribution in [2.24, 2.45) is 0 Å². The van der Waals surface area contributed by atoms with Crippen molar-refractivity contribution < 1.29 is 22.0 Å². The number of halogens is 2. The lowest BCUT2D eigenvalue weighted by Crippen LogP contribution is -2.34. The molecule has 9 heteroatoms. The normalized spacial score (nSPS) is 13.5. The molecule has 0 unspecified atom stereocenters. The summed E-state index contributed by atoms with van der Waals surface area (Å²) in [5, 5.41) is -0.134. The second-order valence-corrected chi connectivity index (χ2v) is 11.0. The third-order valence-corrected chi connectivity index (χ3v) is 7.91. The van der Waals surface area contributed by atoms with Gasteiger partial charge in [0, 0.05) is 6.04 Å². The minimum atomic E-state index is -3.91. The van der Waals surface area contributed by atoms with Gasteiger partial charge in [-0.2, -0.15) is 0 Å². The van der Waals surface area contributed by atoms with E-state index in [1.807, 2.05) is 30.3 Å². The summed E-state index contributed by atoms with van der Waals surface area (Å²) in [7, 11) is -3.91. The average Bonchev–Trinajstić information content (AvgIpc) is 3.65. The Hall–Kier alpha value is -3.85. The minimum Gasteiger partial charge on any atom is -0.330 e. The van der Waals surface area contributed by atoms with Crippen molar-refractivity contribution in [2.75, 3.05) is 0 Å². The van der Waals surface area contributed by atoms with E-state index < -0.39 is 27.4 Å². The highest BCUT2D eigenvalue weighted by Gasteiger charge is 2.35. The number of hydrogen-bond donors (Lipinski definition) is 0. The zero-order valence-electron chi connectivity index (χ0n) is 19.9. The molecule has 0 spiro atoms. The van der Waals surface area contributed by atoms with Gasteiger partial charge in [-0.1, -0.05) is 54.6 Å². The standard InChI is InChI=1S/C28H25F2N3O3S/c29-22-12-10-21(11-13-22)19-37(35,36)28-31-16-24(33(28)17-20-6-2-1-3-7-20)18-32(23-14-15-23)27(34)25-8-4-5-9-26(25)30/h1-13,16,23H,14-15,17-19H2. The Morgan fingerprint density at radius 3 is 2.27 bits per heavy atom. The topological polar surface area (TPSA) is 72.3 Å². The predicted molar refractivity (Wildman–Crippen MR) is 134 cm³/mol. The lowest BCUT2D eigenvalue weighted by molar-refractivity contribution is 0.0721. The van der Waals surface area contributed by atoms with Gasteiger partial charge in [0.1, 0.15) is 11.6 Å². The van der Waals surface area contributed by atoms with E-state index in [1.54, 1.807) is 15.5 Å². The molecule has 0 radical (unpaired) electrons. The zero-order valence-corrected chi connectivity index (χ0v) is 20.7. The molecule has 1 aliphatic carbocycles. The van der Waals surface area contributed by atoms with Crippen molar-refractivity contribution in [3.05, 3.63) is 119 Å². The first kappa shape index (κ1) is 24.8. The molecule has 1 amide bonds. The van der Waals surface area contributed by atoms with Crippen LogP contribution in [0.5, 0.6) is 0 Å². The minimum absolute atomic E-state index is 0.0207. The Morgan fingerprint density at radius 2 is 1.59 bits per heavy atom. The first-order valence-electron chi connectivity index (χ1n) is 11.9. The second-order valence-electron chi connectivity index (χ2n) is 9.13. The fraction of sp³-hybridized carbons (Fsp3) is 0.214. The van der Waals surface area contributed by atoms with Crippen LogP contribution in [0.2, 0.25) is 0 Å². The first-order chi connectivity index (χ1) is 17.8. The van der Waals surface area contributed by atoms with Crippen LogP contribution in [0, 0.1) is 11.6 Å². The Bertz CT molecular complexity index is 1520. The van der Waals surface area contributed by atoms with Gasteiger partial charge in [0.2, 0.25) is 15.0 Å². The maximum absolute atomic E-state index is 14.4. The van der Waals surface area contributed by atoms with E-state index in [9.17, 15) is 22.0 Å². The summed E-state index contributed by atoms with van der Waals surface area (Å²) in [6.07, 6.45) is 3.05. The molecule has 0 atom stereocenters. The third-order valence-electron chi connectivity index (χ3n) is 6.32. The van der Waals surface area contributed by atoms with Crippen LogP contribution in [0.4, 0.5) is 8.78 Å². The third kappa shape index (κ3) is 5.61. The van der Waals surface area contributed by atoms with Gasteiger partial charge in [-0.25, -0.2) is 22.2 Å². The predicted octanol–water partition coefficient (Wildman–Crippen LogP) is 4.99. The number of rotatable bonds is 9. The Labute approximate surface area is 214 Å². The summed E-state index contributed by atoms with van der Waals surface area (Å²) >= 11 is 0. The van der Waals surface area contributed by atoms with Crippen LogP contribution in [-0.4, -0.2) is 34.8 Å². The highest BCUT2D eigenvalue weighted by atomic mass is 32.2. The summed E-state index contributed by atoms with van der Waals surface area (Å²) in [6, 6.07) is 20.4. The maximum atomic E-state index is 14.4. The number of carbonyl (C=O) groups excluding carboxylic acids is 1. The van der Waals surface area contributed by atoms with Crippen molar-refractivity contribution >= 4 is 15.7 Å². The smallest absolute Gasteiger partial charge is 0.257 e. The van der Waals surface area contributed by atoms with Gasteiger partial charge in [-0.3, -0.25) is 4.79 Å². The molecular formula is C28H25F2N3O3S. The molecular weight excluding hydrogens is 496 g/mol. The van der Waals surface area contributed by atoms with E-state index in [0.29, 0.717) is 11.3 Å². The fourth-order valence-electron chi connectivity index (χ4n) is 4.28. The average molecular weight is 522 g/mol. The van der Waals surface area contributed by atoms with E-state index in [1.165, 1.54) is 48.7 Å². The van der Waals surface area contributed by atoms with Crippen LogP contribution in [0.1, 0.15) is 40.0 Å². The van der Waals surface area contributed by atoms with Gasteiger partial charge in [0.15, 0.2) is 0 Å². The zero-order chi connectivity index (χ0) is 26.0. The molecule has 37 heavy (non-hydrogen) atoms. The summed E-state index contributed by atoms with van der Waals surface area (Å²) in [5.41, 5.74) is 1.80. The van der Waals surface area contributed by atoms with Gasteiger partial charge in [0.05, 0.1) is 36.3 Å². The van der Waals surface area contributed by atoms with Crippen LogP contribution < -0.4 is 0 Å². The van der Waals surface area contributed by atoms with Crippen LogP contribution in [0.15, 0.2) is 90.2 Å². The summed E-state index contributed by atoms with van der Waals surface area (Å²) in [5.74, 6) is -1.84. The maximum Gasteiger partial charge on any atom is 0.257 e. The van der Waals surface area contributed by atoms with Crippen molar-refractivity contribution in [1.29, 1.82) is 0 Å². The number of sulfone groups is 1. The fourth-order valence-corrected chi connectivity index (χ4v) is 5.77. The van der Waals surface area contributed by atoms with Crippen LogP contribution in [0.25, 0.3) is 0 Å². The lowest BCUT2D eigenvalue weighted by atomic mass is 10.1. The van der Waals surface area contributed by atoms with Crippen molar-refractivity contribution in [1.82, 2.24) is 14.5 Å². The van der Waals surface area contributed by atoms with E-state index in [0.717, 1.165) is 18.4 Å². The number of carbonyl (C=O) groups is 1. The number of imidazole rings is 1. The first-order valence-corrected chi connectivity index (χ1v) is 13.6. The van der Waals surface area contributed by atoms with Crippen LogP contribution in [-0.2, 0) is 28.7 Å². The highest BCUT2D eigenvalue weighted by Crippen LogP contribution is 2.31. The monoisotopic (exact) mass is 521 g/mol. The Morgan fingerprint density at radius 1 is 0.919 bits per heavy atom. The molecule has 0 N–H and O–H groups in total. The quantitative estimate of drug-likeness (QED) is 0.311. The number of amides is 1.